The number of rotatable bonds is 40. The Labute approximate surface area is 339 Å². The number of hydrogen-bond donors (Lipinski definition) is 3. The lowest BCUT2D eigenvalue weighted by molar-refractivity contribution is -0.161. The Hall–Kier alpha value is -2.56. The predicted octanol–water partition coefficient (Wildman–Crippen LogP) is 11.4. The molecular weight excluding hydrogens is 733 g/mol. The molecule has 0 aromatic heterocycles. The maximum Gasteiger partial charge on any atom is 0.472 e. The van der Waals surface area contributed by atoms with Gasteiger partial charge in [-0.15, -0.1) is 0 Å². The molecule has 0 aliphatic rings. The van der Waals surface area contributed by atoms with Crippen molar-refractivity contribution < 1.29 is 47.5 Å². The number of phosphoric ester groups is 1. The molecule has 0 spiro atoms. The Morgan fingerprint density at radius 2 is 0.964 bits per heavy atom. The Morgan fingerprint density at radius 1 is 0.554 bits per heavy atom. The van der Waals surface area contributed by atoms with E-state index in [-0.39, 0.29) is 19.4 Å². The normalized spacial score (nSPS) is 14.2. The van der Waals surface area contributed by atoms with E-state index < -0.39 is 51.1 Å². The lowest BCUT2D eigenvalue weighted by Gasteiger charge is -2.20. The maximum absolute atomic E-state index is 12.6. The van der Waals surface area contributed by atoms with E-state index in [1.54, 1.807) is 0 Å². The second kappa shape index (κ2) is 39.3. The van der Waals surface area contributed by atoms with Crippen LogP contribution in [0, 0.1) is 0 Å². The predicted molar refractivity (Wildman–Crippen MR) is 226 cm³/mol. The highest BCUT2D eigenvalue weighted by molar-refractivity contribution is 7.47. The molecule has 0 bridgehead atoms. The van der Waals surface area contributed by atoms with Crippen LogP contribution in [0.15, 0.2) is 48.6 Å². The summed E-state index contributed by atoms with van der Waals surface area (Å²) >= 11 is 0. The molecule has 11 nitrogen and oxygen atoms in total. The zero-order valence-corrected chi connectivity index (χ0v) is 35.9. The zero-order valence-electron chi connectivity index (χ0n) is 35.0. The van der Waals surface area contributed by atoms with Crippen LogP contribution in [-0.2, 0) is 37.5 Å². The van der Waals surface area contributed by atoms with Crippen molar-refractivity contribution in [2.75, 3.05) is 19.8 Å². The van der Waals surface area contributed by atoms with Crippen molar-refractivity contribution in [2.24, 2.45) is 5.73 Å². The smallest absolute Gasteiger partial charge is 0.472 e. The number of carboxylic acid groups (broad SMARTS) is 1. The summed E-state index contributed by atoms with van der Waals surface area (Å²) in [7, 11) is -4.73. The number of carbonyl (C=O) groups is 3. The molecule has 324 valence electrons. The van der Waals surface area contributed by atoms with Crippen LogP contribution in [0.4, 0.5) is 0 Å². The van der Waals surface area contributed by atoms with Crippen LogP contribution < -0.4 is 5.73 Å². The van der Waals surface area contributed by atoms with Crippen LogP contribution in [0.2, 0.25) is 0 Å². The van der Waals surface area contributed by atoms with Gasteiger partial charge in [0.1, 0.15) is 12.6 Å². The van der Waals surface area contributed by atoms with Crippen LogP contribution in [0.1, 0.15) is 181 Å². The van der Waals surface area contributed by atoms with E-state index in [0.717, 1.165) is 51.4 Å². The van der Waals surface area contributed by atoms with Gasteiger partial charge in [0, 0.05) is 12.8 Å². The molecule has 0 aromatic carbocycles. The van der Waals surface area contributed by atoms with Crippen LogP contribution in [-0.4, -0.2) is 59.9 Å². The molecule has 4 N–H and O–H groups in total. The molecule has 1 unspecified atom stereocenters. The van der Waals surface area contributed by atoms with Gasteiger partial charge in [-0.3, -0.25) is 23.4 Å². The monoisotopic (exact) mass is 812 g/mol. The first-order valence-electron chi connectivity index (χ1n) is 21.7. The Morgan fingerprint density at radius 3 is 1.50 bits per heavy atom. The second-order valence-electron chi connectivity index (χ2n) is 14.5. The van der Waals surface area contributed by atoms with E-state index in [4.69, 9.17) is 24.8 Å². The zero-order chi connectivity index (χ0) is 41.4. The number of ether oxygens (including phenoxy) is 2. The highest BCUT2D eigenvalue weighted by Crippen LogP contribution is 2.43. The van der Waals surface area contributed by atoms with Crippen LogP contribution in [0.3, 0.4) is 0 Å². The van der Waals surface area contributed by atoms with Gasteiger partial charge < -0.3 is 25.2 Å². The highest BCUT2D eigenvalue weighted by atomic mass is 31.2. The van der Waals surface area contributed by atoms with Crippen molar-refractivity contribution >= 4 is 25.7 Å². The molecular formula is C44H78NO10P. The molecule has 0 rings (SSSR count). The van der Waals surface area contributed by atoms with E-state index in [2.05, 4.69) is 60.9 Å². The molecule has 0 saturated carbocycles. The summed E-state index contributed by atoms with van der Waals surface area (Å²) in [6.45, 7) is 2.72. The third-order valence-electron chi connectivity index (χ3n) is 9.05. The van der Waals surface area contributed by atoms with E-state index >= 15 is 0 Å². The van der Waals surface area contributed by atoms with Crippen LogP contribution in [0.5, 0.6) is 0 Å². The van der Waals surface area contributed by atoms with Crippen molar-refractivity contribution in [2.45, 2.75) is 193 Å². The molecule has 0 aromatic rings. The van der Waals surface area contributed by atoms with E-state index in [9.17, 15) is 23.8 Å². The van der Waals surface area contributed by atoms with Crippen molar-refractivity contribution in [1.29, 1.82) is 0 Å². The molecule has 3 atom stereocenters. The fourth-order valence-corrected chi connectivity index (χ4v) is 6.38. The molecule has 12 heteroatoms. The highest BCUT2D eigenvalue weighted by Gasteiger charge is 2.28. The fourth-order valence-electron chi connectivity index (χ4n) is 5.60. The average Bonchev–Trinajstić information content (AvgIpc) is 3.17. The number of esters is 2. The van der Waals surface area contributed by atoms with Gasteiger partial charge in [0.05, 0.1) is 13.2 Å². The molecule has 0 amide bonds. The lowest BCUT2D eigenvalue weighted by Crippen LogP contribution is -2.34. The number of aliphatic carboxylic acids is 1. The minimum absolute atomic E-state index is 0.145. The number of carboxylic acids is 1. The Bertz CT molecular complexity index is 1140. The maximum atomic E-state index is 12.6. The van der Waals surface area contributed by atoms with Gasteiger partial charge in [-0.05, 0) is 70.6 Å². The van der Waals surface area contributed by atoms with Crippen molar-refractivity contribution in [3.05, 3.63) is 48.6 Å². The molecule has 0 radical (unpaired) electrons. The van der Waals surface area contributed by atoms with Crippen LogP contribution >= 0.6 is 7.82 Å². The van der Waals surface area contributed by atoms with Gasteiger partial charge in [0.15, 0.2) is 6.10 Å². The molecule has 0 saturated heterocycles. The number of carbonyl (C=O) groups excluding carboxylic acids is 2. The van der Waals surface area contributed by atoms with Gasteiger partial charge in [-0.25, -0.2) is 4.57 Å². The van der Waals surface area contributed by atoms with Gasteiger partial charge in [-0.2, -0.15) is 0 Å². The van der Waals surface area contributed by atoms with Crippen molar-refractivity contribution in [3.8, 4) is 0 Å². The molecule has 0 fully saturated rings. The summed E-state index contributed by atoms with van der Waals surface area (Å²) in [6.07, 6.45) is 43.2. The van der Waals surface area contributed by atoms with E-state index in [1.165, 1.54) is 83.5 Å². The third-order valence-corrected chi connectivity index (χ3v) is 10.0. The largest absolute Gasteiger partial charge is 0.480 e. The van der Waals surface area contributed by atoms with Gasteiger partial charge in [0.25, 0.3) is 0 Å². The topological polar surface area (TPSA) is 172 Å². The summed E-state index contributed by atoms with van der Waals surface area (Å²) in [5.74, 6) is -2.45. The molecule has 0 heterocycles. The quantitative estimate of drug-likeness (QED) is 0.0233. The summed E-state index contributed by atoms with van der Waals surface area (Å²) in [5.41, 5.74) is 5.33. The van der Waals surface area contributed by atoms with E-state index in [0.29, 0.717) is 19.3 Å². The fraction of sp³-hybridized carbons (Fsp3) is 0.750. The lowest BCUT2D eigenvalue weighted by atomic mass is 10.1. The van der Waals surface area contributed by atoms with Crippen molar-refractivity contribution in [1.82, 2.24) is 0 Å². The third kappa shape index (κ3) is 38.3. The number of nitrogens with two attached hydrogens (primary N) is 1. The number of allylic oxidation sites excluding steroid dienone is 8. The molecule has 0 aliphatic heterocycles. The minimum atomic E-state index is -4.73. The second-order valence-corrected chi connectivity index (χ2v) is 15.9. The Kier molecular flexibility index (Phi) is 37.5. The van der Waals surface area contributed by atoms with Gasteiger partial charge >= 0.3 is 25.7 Å². The number of unbranched alkanes of at least 4 members (excludes halogenated alkanes) is 18. The number of hydrogen-bond acceptors (Lipinski definition) is 9. The minimum Gasteiger partial charge on any atom is -0.480 e. The van der Waals surface area contributed by atoms with Crippen molar-refractivity contribution in [3.63, 3.8) is 0 Å². The average molecular weight is 812 g/mol. The first-order chi connectivity index (χ1) is 27.1. The van der Waals surface area contributed by atoms with Gasteiger partial charge in [0.2, 0.25) is 0 Å². The Balaban J connectivity index is 4.46. The van der Waals surface area contributed by atoms with Crippen LogP contribution in [0.25, 0.3) is 0 Å². The first kappa shape index (κ1) is 53.4. The summed E-state index contributed by atoms with van der Waals surface area (Å²) in [4.78, 5) is 45.9. The van der Waals surface area contributed by atoms with E-state index in [1.807, 2.05) is 6.08 Å². The first-order valence-corrected chi connectivity index (χ1v) is 23.2. The summed E-state index contributed by atoms with van der Waals surface area (Å²) in [6, 6.07) is -1.53. The SMILES string of the molecule is CCCCCC/C=C/CCCCCCCCCC(=O)O[C@H](COC(=O)CCC/C=C/C/C=C/C/C=C/CCCCCCCC)COP(=O)(O)OC[C@H](N)C(=O)O. The standard InChI is InChI=1S/C44H78NO10P/c1-3-5-7-9-11-13-15-17-19-20-22-23-25-27-29-31-33-35-42(46)52-37-40(38-53-56(50,51)54-39-41(45)44(48)49)55-43(47)36-34-32-30-28-26-24-21-18-16-14-12-10-8-6-4-2/h14,16-17,19,22-23,27,29,40-41H,3-13,15,18,20-21,24-26,28,30-39,45H2,1-2H3,(H,48,49)(H,50,51)/b16-14+,19-17+,23-22+,29-27+/t40-,41+/m1/s1. The van der Waals surface area contributed by atoms with Gasteiger partial charge in [-0.1, -0.05) is 146 Å². The molecule has 56 heavy (non-hydrogen) atoms. The summed E-state index contributed by atoms with van der Waals surface area (Å²) < 4.78 is 32.6. The molecule has 0 aliphatic carbocycles. The number of phosphoric acid groups is 1. The summed E-state index contributed by atoms with van der Waals surface area (Å²) in [5, 5.41) is 8.88.